The van der Waals surface area contributed by atoms with Gasteiger partial charge >= 0.3 is 0 Å². The average Bonchev–Trinajstić information content (AvgIpc) is 2.21. The third kappa shape index (κ3) is 3.41. The fraction of sp³-hybridized carbons (Fsp3) is 1.00. The Morgan fingerprint density at radius 2 is 1.71 bits per heavy atom. The molecule has 1 rings (SSSR count). The molecule has 2 N–H and O–H groups in total. The first-order valence-corrected chi connectivity index (χ1v) is 6.55. The molecule has 0 aromatic heterocycles. The number of rotatable bonds is 4. The zero-order valence-electron chi connectivity index (χ0n) is 12.2. The number of hydroxylamine groups is 2. The molecule has 4 nitrogen and oxygen atoms in total. The summed E-state index contributed by atoms with van der Waals surface area (Å²) >= 11 is 0. The van der Waals surface area contributed by atoms with Crippen molar-refractivity contribution in [3.05, 3.63) is 0 Å². The highest BCUT2D eigenvalue weighted by Crippen LogP contribution is 2.38. The van der Waals surface area contributed by atoms with Crippen LogP contribution in [0.5, 0.6) is 0 Å². The summed E-state index contributed by atoms with van der Waals surface area (Å²) in [6.45, 7) is 10.5. The van der Waals surface area contributed by atoms with Gasteiger partial charge in [0.15, 0.2) is 0 Å². The summed E-state index contributed by atoms with van der Waals surface area (Å²) < 4.78 is 0. The topological polar surface area (TPSA) is 38.7 Å². The van der Waals surface area contributed by atoms with Gasteiger partial charge in [-0.1, -0.05) is 0 Å². The third-order valence-corrected chi connectivity index (χ3v) is 3.95. The minimum atomic E-state index is -0.152. The van der Waals surface area contributed by atoms with Crippen LogP contribution in [0.3, 0.4) is 0 Å². The molecule has 1 heterocycles. The molecule has 1 fully saturated rings. The molecule has 4 heteroatoms. The molecule has 1 saturated heterocycles. The maximum atomic E-state index is 10.2. The Hall–Kier alpha value is -0.160. The van der Waals surface area contributed by atoms with Crippen molar-refractivity contribution < 1.29 is 5.21 Å². The average molecular weight is 243 g/mol. The van der Waals surface area contributed by atoms with Crippen molar-refractivity contribution in [1.29, 1.82) is 0 Å². The summed E-state index contributed by atoms with van der Waals surface area (Å²) in [5.74, 6) is 0. The van der Waals surface area contributed by atoms with E-state index in [0.717, 1.165) is 25.9 Å². The summed E-state index contributed by atoms with van der Waals surface area (Å²) in [5, 5.41) is 15.0. The molecular formula is C13H29N3O. The second-order valence-electron chi connectivity index (χ2n) is 6.58. The van der Waals surface area contributed by atoms with E-state index < -0.39 is 0 Å². The lowest BCUT2D eigenvalue weighted by atomic mass is 9.78. The van der Waals surface area contributed by atoms with E-state index in [1.165, 1.54) is 0 Å². The predicted octanol–water partition coefficient (Wildman–Crippen LogP) is 1.55. The van der Waals surface area contributed by atoms with Gasteiger partial charge in [0.1, 0.15) is 0 Å². The Labute approximate surface area is 106 Å². The van der Waals surface area contributed by atoms with Crippen molar-refractivity contribution in [2.24, 2.45) is 0 Å². The van der Waals surface area contributed by atoms with E-state index >= 15 is 0 Å². The van der Waals surface area contributed by atoms with E-state index in [1.807, 2.05) is 7.05 Å². The van der Waals surface area contributed by atoms with Crippen LogP contribution in [0.4, 0.5) is 0 Å². The lowest BCUT2D eigenvalue weighted by Gasteiger charge is -2.53. The van der Waals surface area contributed by atoms with Crippen molar-refractivity contribution in [3.8, 4) is 0 Å². The minimum Gasteiger partial charge on any atom is -0.318 e. The van der Waals surface area contributed by atoms with E-state index in [-0.39, 0.29) is 11.1 Å². The van der Waals surface area contributed by atoms with Crippen LogP contribution < -0.4 is 5.32 Å². The van der Waals surface area contributed by atoms with Crippen LogP contribution in [-0.4, -0.2) is 59.5 Å². The zero-order valence-corrected chi connectivity index (χ0v) is 12.2. The number of nitrogens with one attached hydrogen (secondary N) is 1. The molecule has 0 radical (unpaired) electrons. The van der Waals surface area contributed by atoms with Gasteiger partial charge < -0.3 is 15.4 Å². The second kappa shape index (κ2) is 5.22. The normalized spacial score (nSPS) is 25.4. The Balaban J connectivity index is 2.70. The maximum absolute atomic E-state index is 10.2. The first kappa shape index (κ1) is 14.9. The second-order valence-corrected chi connectivity index (χ2v) is 6.58. The van der Waals surface area contributed by atoms with E-state index in [9.17, 15) is 5.21 Å². The molecule has 0 amide bonds. The third-order valence-electron chi connectivity index (χ3n) is 3.95. The molecule has 0 atom stereocenters. The molecule has 102 valence electrons. The lowest BCUT2D eigenvalue weighted by molar-refractivity contribution is -0.251. The van der Waals surface area contributed by atoms with Gasteiger partial charge in [0, 0.05) is 30.2 Å². The molecule has 0 saturated carbocycles. The van der Waals surface area contributed by atoms with Crippen LogP contribution in [-0.2, 0) is 0 Å². The summed E-state index contributed by atoms with van der Waals surface area (Å²) in [6, 6.07) is 0.539. The maximum Gasteiger partial charge on any atom is 0.0425 e. The van der Waals surface area contributed by atoms with Crippen LogP contribution in [0.1, 0.15) is 40.5 Å². The van der Waals surface area contributed by atoms with Gasteiger partial charge in [0.2, 0.25) is 0 Å². The first-order chi connectivity index (χ1) is 7.70. The molecule has 1 aliphatic heterocycles. The van der Waals surface area contributed by atoms with Crippen molar-refractivity contribution >= 4 is 0 Å². The predicted molar refractivity (Wildman–Crippen MR) is 71.4 cm³/mol. The van der Waals surface area contributed by atoms with Gasteiger partial charge in [-0.05, 0) is 54.6 Å². The van der Waals surface area contributed by atoms with Crippen LogP contribution in [0.15, 0.2) is 0 Å². The minimum absolute atomic E-state index is 0.152. The molecule has 0 aromatic carbocycles. The highest BCUT2D eigenvalue weighted by molar-refractivity contribution is 4.98. The van der Waals surface area contributed by atoms with Crippen molar-refractivity contribution in [1.82, 2.24) is 15.3 Å². The summed E-state index contributed by atoms with van der Waals surface area (Å²) in [7, 11) is 4.17. The van der Waals surface area contributed by atoms with Gasteiger partial charge in [0.25, 0.3) is 0 Å². The molecular weight excluding hydrogens is 214 g/mol. The van der Waals surface area contributed by atoms with E-state index in [1.54, 1.807) is 5.06 Å². The monoisotopic (exact) mass is 243 g/mol. The highest BCUT2D eigenvalue weighted by atomic mass is 16.5. The Morgan fingerprint density at radius 1 is 1.24 bits per heavy atom. The molecule has 0 spiro atoms. The Morgan fingerprint density at radius 3 is 2.12 bits per heavy atom. The van der Waals surface area contributed by atoms with E-state index in [0.29, 0.717) is 6.04 Å². The molecule has 0 aliphatic carbocycles. The van der Waals surface area contributed by atoms with Gasteiger partial charge in [-0.3, -0.25) is 0 Å². The van der Waals surface area contributed by atoms with Crippen LogP contribution >= 0.6 is 0 Å². The van der Waals surface area contributed by atoms with Gasteiger partial charge in [0.05, 0.1) is 0 Å². The Bertz CT molecular complexity index is 235. The smallest absolute Gasteiger partial charge is 0.0425 e. The molecule has 17 heavy (non-hydrogen) atoms. The molecule has 0 aromatic rings. The van der Waals surface area contributed by atoms with Crippen LogP contribution in [0.2, 0.25) is 0 Å². The van der Waals surface area contributed by atoms with E-state index in [2.05, 4.69) is 45.0 Å². The Kier molecular flexibility index (Phi) is 4.58. The molecule has 0 unspecified atom stereocenters. The van der Waals surface area contributed by atoms with Gasteiger partial charge in [-0.2, -0.15) is 5.06 Å². The standard InChI is InChI=1S/C13H29N3O/c1-12(2)9-11(15(6)8-7-14-5)10-13(3,4)16(12)17/h11,14,17H,7-10H2,1-6H3. The highest BCUT2D eigenvalue weighted by Gasteiger charge is 2.45. The molecule has 0 bridgehead atoms. The number of hydrogen-bond donors (Lipinski definition) is 2. The van der Waals surface area contributed by atoms with Gasteiger partial charge in [-0.25, -0.2) is 0 Å². The quantitative estimate of drug-likeness (QED) is 0.786. The number of piperidine rings is 1. The van der Waals surface area contributed by atoms with Crippen molar-refractivity contribution in [2.75, 3.05) is 27.2 Å². The summed E-state index contributed by atoms with van der Waals surface area (Å²) in [5.41, 5.74) is -0.305. The number of hydrogen-bond acceptors (Lipinski definition) is 4. The van der Waals surface area contributed by atoms with Crippen LogP contribution in [0.25, 0.3) is 0 Å². The molecule has 1 aliphatic rings. The van der Waals surface area contributed by atoms with E-state index in [4.69, 9.17) is 0 Å². The van der Waals surface area contributed by atoms with Crippen LogP contribution in [0, 0.1) is 0 Å². The summed E-state index contributed by atoms with van der Waals surface area (Å²) in [6.07, 6.45) is 2.01. The number of likely N-dealkylation sites (N-methyl/N-ethyl adjacent to an activating group) is 2. The van der Waals surface area contributed by atoms with Gasteiger partial charge in [-0.15, -0.1) is 0 Å². The summed E-state index contributed by atoms with van der Waals surface area (Å²) in [4.78, 5) is 2.41. The van der Waals surface area contributed by atoms with Crippen molar-refractivity contribution in [2.45, 2.75) is 57.7 Å². The zero-order chi connectivity index (χ0) is 13.3. The first-order valence-electron chi connectivity index (χ1n) is 6.55. The largest absolute Gasteiger partial charge is 0.318 e. The fourth-order valence-electron chi connectivity index (χ4n) is 3.00. The number of nitrogens with zero attached hydrogens (tertiary/aromatic N) is 2. The van der Waals surface area contributed by atoms with Crippen molar-refractivity contribution in [3.63, 3.8) is 0 Å². The lowest BCUT2D eigenvalue weighted by Crippen LogP contribution is -2.62. The fourth-order valence-corrected chi connectivity index (χ4v) is 3.00. The SMILES string of the molecule is CNCCN(C)C1CC(C)(C)N(O)C(C)(C)C1.